The third kappa shape index (κ3) is 2.70. The summed E-state index contributed by atoms with van der Waals surface area (Å²) in [6.45, 7) is 0. The third-order valence-electron chi connectivity index (χ3n) is 3.05. The molecule has 2 rings (SSSR count). The van der Waals surface area contributed by atoms with Gasteiger partial charge in [-0.2, -0.15) is 0 Å². The van der Waals surface area contributed by atoms with Crippen LogP contribution in [-0.4, -0.2) is 28.1 Å². The van der Waals surface area contributed by atoms with Crippen molar-refractivity contribution in [3.63, 3.8) is 0 Å². The topological polar surface area (TPSA) is 157 Å². The highest BCUT2D eigenvalue weighted by atomic mass is 16.4. The first-order chi connectivity index (χ1) is 9.81. The molecule has 1 heterocycles. The molecule has 0 aliphatic rings. The summed E-state index contributed by atoms with van der Waals surface area (Å²) in [6.07, 6.45) is 0. The van der Waals surface area contributed by atoms with E-state index in [4.69, 9.17) is 15.9 Å². The Hall–Kier alpha value is -2.87. The van der Waals surface area contributed by atoms with Crippen molar-refractivity contribution in [2.45, 2.75) is 12.0 Å². The normalized spacial score (nSPS) is 13.8. The second-order valence-electron chi connectivity index (χ2n) is 4.45. The highest BCUT2D eigenvalue weighted by Gasteiger charge is 2.33. The van der Waals surface area contributed by atoms with Gasteiger partial charge in [0.1, 0.15) is 23.3 Å². The molecule has 0 radical (unpaired) electrons. The Kier molecular flexibility index (Phi) is 3.64. The zero-order valence-electron chi connectivity index (χ0n) is 10.6. The quantitative estimate of drug-likeness (QED) is 0.552. The van der Waals surface area contributed by atoms with Crippen molar-refractivity contribution in [2.24, 2.45) is 11.5 Å². The minimum Gasteiger partial charge on any atom is -0.508 e. The molecule has 0 saturated heterocycles. The first-order valence-electron chi connectivity index (χ1n) is 5.85. The fourth-order valence-electron chi connectivity index (χ4n) is 2.08. The molecule has 2 unspecified atom stereocenters. The van der Waals surface area contributed by atoms with E-state index in [0.29, 0.717) is 0 Å². The number of carboxylic acid groups (broad SMARTS) is 1. The predicted octanol–water partition coefficient (Wildman–Crippen LogP) is -0.521. The van der Waals surface area contributed by atoms with Gasteiger partial charge in [0.2, 0.25) is 5.91 Å². The number of rotatable bonds is 4. The summed E-state index contributed by atoms with van der Waals surface area (Å²) < 4.78 is 4.89. The lowest BCUT2D eigenvalue weighted by molar-refractivity contribution is -0.141. The van der Waals surface area contributed by atoms with Crippen LogP contribution in [0.4, 0.5) is 0 Å². The molecule has 0 saturated carbocycles. The molecule has 0 bridgehead atoms. The molecule has 0 fully saturated rings. The third-order valence-corrected chi connectivity index (χ3v) is 3.05. The van der Waals surface area contributed by atoms with Gasteiger partial charge in [-0.05, 0) is 17.7 Å². The molecular weight excluding hydrogens is 280 g/mol. The van der Waals surface area contributed by atoms with E-state index in [9.17, 15) is 24.6 Å². The number of carboxylic acids is 1. The molecule has 8 nitrogen and oxygen atoms in total. The van der Waals surface area contributed by atoms with Gasteiger partial charge >= 0.3 is 11.6 Å². The van der Waals surface area contributed by atoms with Crippen molar-refractivity contribution in [1.29, 1.82) is 0 Å². The molecule has 1 aromatic carbocycles. The van der Waals surface area contributed by atoms with Crippen molar-refractivity contribution >= 4 is 22.8 Å². The highest BCUT2D eigenvalue weighted by Crippen LogP contribution is 2.28. The van der Waals surface area contributed by atoms with Crippen LogP contribution in [0.15, 0.2) is 33.5 Å². The van der Waals surface area contributed by atoms with E-state index < -0.39 is 29.5 Å². The molecule has 8 heteroatoms. The number of carbonyl (C=O) groups is 2. The second-order valence-corrected chi connectivity index (χ2v) is 4.45. The van der Waals surface area contributed by atoms with Crippen molar-refractivity contribution in [3.8, 4) is 5.75 Å². The summed E-state index contributed by atoms with van der Waals surface area (Å²) in [4.78, 5) is 34.1. The Morgan fingerprint density at radius 2 is 1.90 bits per heavy atom. The number of hydrogen-bond donors (Lipinski definition) is 4. The lowest BCUT2D eigenvalue weighted by Crippen LogP contribution is -2.44. The lowest BCUT2D eigenvalue weighted by Gasteiger charge is -2.18. The molecule has 6 N–H and O–H groups in total. The van der Waals surface area contributed by atoms with Crippen LogP contribution in [0.25, 0.3) is 11.0 Å². The SMILES string of the molecule is NC(=O)C(N)C(C(=O)O)c1cc(=O)oc2cc(O)ccc12. The van der Waals surface area contributed by atoms with Crippen molar-refractivity contribution in [2.75, 3.05) is 0 Å². The van der Waals surface area contributed by atoms with Gasteiger partial charge in [0.15, 0.2) is 0 Å². The van der Waals surface area contributed by atoms with Gasteiger partial charge in [-0.1, -0.05) is 0 Å². The van der Waals surface area contributed by atoms with Crippen molar-refractivity contribution < 1.29 is 24.2 Å². The van der Waals surface area contributed by atoms with Gasteiger partial charge in [-0.3, -0.25) is 9.59 Å². The Morgan fingerprint density at radius 3 is 2.48 bits per heavy atom. The van der Waals surface area contributed by atoms with E-state index in [2.05, 4.69) is 0 Å². The number of carbonyl (C=O) groups excluding carboxylic acids is 1. The van der Waals surface area contributed by atoms with Gasteiger partial charge < -0.3 is 26.1 Å². The van der Waals surface area contributed by atoms with E-state index in [1.165, 1.54) is 12.1 Å². The zero-order chi connectivity index (χ0) is 15.7. The number of aromatic hydroxyl groups is 1. The molecule has 1 aromatic heterocycles. The van der Waals surface area contributed by atoms with E-state index in [1.807, 2.05) is 0 Å². The number of aliphatic carboxylic acids is 1. The maximum atomic E-state index is 11.5. The van der Waals surface area contributed by atoms with Crippen LogP contribution in [0.5, 0.6) is 5.75 Å². The average Bonchev–Trinajstić information content (AvgIpc) is 2.37. The summed E-state index contributed by atoms with van der Waals surface area (Å²) in [7, 11) is 0. The number of benzene rings is 1. The van der Waals surface area contributed by atoms with E-state index >= 15 is 0 Å². The van der Waals surface area contributed by atoms with Crippen LogP contribution in [0.3, 0.4) is 0 Å². The molecule has 0 spiro atoms. The van der Waals surface area contributed by atoms with E-state index in [-0.39, 0.29) is 22.3 Å². The summed E-state index contributed by atoms with van der Waals surface area (Å²) in [5.74, 6) is -4.07. The molecule has 2 aromatic rings. The highest BCUT2D eigenvalue weighted by molar-refractivity contribution is 5.94. The van der Waals surface area contributed by atoms with Crippen LogP contribution < -0.4 is 17.1 Å². The number of primary amides is 1. The summed E-state index contributed by atoms with van der Waals surface area (Å²) >= 11 is 0. The van der Waals surface area contributed by atoms with Gasteiger partial charge in [-0.25, -0.2) is 4.79 Å². The minimum absolute atomic E-state index is 0.0000463. The first-order valence-corrected chi connectivity index (χ1v) is 5.85. The van der Waals surface area contributed by atoms with Gasteiger partial charge in [-0.15, -0.1) is 0 Å². The standard InChI is InChI=1S/C13H12N2O6/c14-11(12(15)18)10(13(19)20)7-4-9(17)21-8-3-5(16)1-2-6(7)8/h1-4,10-11,16H,14H2,(H2,15,18)(H,19,20). The number of fused-ring (bicyclic) bond motifs is 1. The largest absolute Gasteiger partial charge is 0.508 e. The smallest absolute Gasteiger partial charge is 0.336 e. The van der Waals surface area contributed by atoms with Crippen LogP contribution in [-0.2, 0) is 9.59 Å². The number of phenols is 1. The van der Waals surface area contributed by atoms with Gasteiger partial charge in [0.05, 0.1) is 0 Å². The number of amides is 1. The average molecular weight is 292 g/mol. The number of phenolic OH excluding ortho intramolecular Hbond substituents is 1. The van der Waals surface area contributed by atoms with Crippen molar-refractivity contribution in [3.05, 3.63) is 40.2 Å². The second kappa shape index (κ2) is 5.25. The number of nitrogens with two attached hydrogens (primary N) is 2. The molecule has 2 atom stereocenters. The summed E-state index contributed by atoms with van der Waals surface area (Å²) in [6, 6.07) is 3.25. The molecular formula is C13H12N2O6. The predicted molar refractivity (Wildman–Crippen MR) is 71.7 cm³/mol. The molecule has 0 aliphatic heterocycles. The fourth-order valence-corrected chi connectivity index (χ4v) is 2.08. The van der Waals surface area contributed by atoms with Gasteiger partial charge in [0.25, 0.3) is 0 Å². The molecule has 110 valence electrons. The van der Waals surface area contributed by atoms with Crippen LogP contribution in [0.1, 0.15) is 11.5 Å². The minimum atomic E-state index is -1.51. The number of hydrogen-bond acceptors (Lipinski definition) is 6. The molecule has 21 heavy (non-hydrogen) atoms. The molecule has 0 aliphatic carbocycles. The monoisotopic (exact) mass is 292 g/mol. The van der Waals surface area contributed by atoms with E-state index in [0.717, 1.165) is 12.1 Å². The fraction of sp³-hybridized carbons (Fsp3) is 0.154. The Morgan fingerprint density at radius 1 is 1.24 bits per heavy atom. The van der Waals surface area contributed by atoms with Crippen molar-refractivity contribution in [1.82, 2.24) is 0 Å². The first kappa shape index (κ1) is 14.5. The van der Waals surface area contributed by atoms with Crippen LogP contribution in [0, 0.1) is 0 Å². The zero-order valence-corrected chi connectivity index (χ0v) is 10.6. The van der Waals surface area contributed by atoms with Crippen LogP contribution >= 0.6 is 0 Å². The Bertz CT molecular complexity index is 782. The Balaban J connectivity index is 2.76. The maximum absolute atomic E-state index is 11.5. The Labute approximate surface area is 117 Å². The van der Waals surface area contributed by atoms with Gasteiger partial charge in [0, 0.05) is 17.5 Å². The molecule has 1 amide bonds. The van der Waals surface area contributed by atoms with E-state index in [1.54, 1.807) is 0 Å². The summed E-state index contributed by atoms with van der Waals surface area (Å²) in [5, 5.41) is 18.9. The maximum Gasteiger partial charge on any atom is 0.336 e. The lowest BCUT2D eigenvalue weighted by atomic mass is 9.89. The summed E-state index contributed by atoms with van der Waals surface area (Å²) in [5.41, 5.74) is 9.74. The van der Waals surface area contributed by atoms with Crippen LogP contribution in [0.2, 0.25) is 0 Å².